The van der Waals surface area contributed by atoms with Crippen molar-refractivity contribution in [1.29, 1.82) is 0 Å². The summed E-state index contributed by atoms with van der Waals surface area (Å²) in [5, 5.41) is 0. The van der Waals surface area contributed by atoms with Gasteiger partial charge in [-0.25, -0.2) is 4.79 Å². The van der Waals surface area contributed by atoms with Gasteiger partial charge in [0.15, 0.2) is 5.75 Å². The molecule has 4 nitrogen and oxygen atoms in total. The lowest BCUT2D eigenvalue weighted by Crippen LogP contribution is -2.13. The lowest BCUT2D eigenvalue weighted by molar-refractivity contribution is 0.0374. The van der Waals surface area contributed by atoms with Crippen LogP contribution in [0.1, 0.15) is 31.1 Å². The predicted molar refractivity (Wildman–Crippen MR) is 62.6 cm³/mol. The lowest BCUT2D eigenvalue weighted by atomic mass is 10.1. The molecule has 0 radical (unpaired) electrons. The van der Waals surface area contributed by atoms with Crippen LogP contribution in [0.25, 0.3) is 0 Å². The third-order valence-electron chi connectivity index (χ3n) is 1.90. The minimum absolute atomic E-state index is 0.164. The van der Waals surface area contributed by atoms with Gasteiger partial charge < -0.3 is 15.2 Å². The number of ether oxygens (including phenoxy) is 2. The molecule has 0 aliphatic heterocycles. The summed E-state index contributed by atoms with van der Waals surface area (Å²) in [7, 11) is 0. The second kappa shape index (κ2) is 5.39. The van der Waals surface area contributed by atoms with Gasteiger partial charge in [0.1, 0.15) is 5.56 Å². The molecule has 88 valence electrons. The smallest absolute Gasteiger partial charge is 0.342 e. The second-order valence-corrected chi connectivity index (χ2v) is 3.61. The number of rotatable bonds is 4. The van der Waals surface area contributed by atoms with Crippen molar-refractivity contribution in [2.45, 2.75) is 26.9 Å². The van der Waals surface area contributed by atoms with Gasteiger partial charge in [0.2, 0.25) is 0 Å². The molecule has 0 aliphatic rings. The van der Waals surface area contributed by atoms with Crippen LogP contribution in [0.2, 0.25) is 0 Å². The fourth-order valence-corrected chi connectivity index (χ4v) is 1.30. The van der Waals surface area contributed by atoms with Crippen molar-refractivity contribution in [3.05, 3.63) is 23.8 Å². The number of nitrogen functional groups attached to an aromatic ring is 1. The zero-order valence-corrected chi connectivity index (χ0v) is 9.82. The summed E-state index contributed by atoms with van der Waals surface area (Å²) in [6.07, 6.45) is -0.164. The number of carbonyl (C=O) groups is 1. The van der Waals surface area contributed by atoms with Gasteiger partial charge in [0.25, 0.3) is 0 Å². The van der Waals surface area contributed by atoms with E-state index in [0.29, 0.717) is 23.6 Å². The van der Waals surface area contributed by atoms with E-state index in [9.17, 15) is 4.79 Å². The van der Waals surface area contributed by atoms with Crippen LogP contribution in [0.3, 0.4) is 0 Å². The third-order valence-corrected chi connectivity index (χ3v) is 1.90. The summed E-state index contributed by atoms with van der Waals surface area (Å²) in [5.41, 5.74) is 6.56. The van der Waals surface area contributed by atoms with E-state index < -0.39 is 5.97 Å². The Kier molecular flexibility index (Phi) is 4.17. The molecule has 0 aliphatic carbocycles. The quantitative estimate of drug-likeness (QED) is 0.628. The van der Waals surface area contributed by atoms with Crippen LogP contribution < -0.4 is 10.5 Å². The fourth-order valence-electron chi connectivity index (χ4n) is 1.30. The van der Waals surface area contributed by atoms with Crippen molar-refractivity contribution in [3.63, 3.8) is 0 Å². The van der Waals surface area contributed by atoms with Gasteiger partial charge in [-0.2, -0.15) is 0 Å². The summed E-state index contributed by atoms with van der Waals surface area (Å²) in [4.78, 5) is 11.7. The molecule has 1 aromatic rings. The van der Waals surface area contributed by atoms with Crippen LogP contribution >= 0.6 is 0 Å². The van der Waals surface area contributed by atoms with Crippen molar-refractivity contribution < 1.29 is 14.3 Å². The van der Waals surface area contributed by atoms with E-state index in [2.05, 4.69) is 0 Å². The van der Waals surface area contributed by atoms with E-state index in [-0.39, 0.29) is 6.10 Å². The normalized spacial score (nSPS) is 10.2. The standard InChI is InChI=1S/C12H17NO3/c1-4-15-11-9(6-5-7-10(11)13)12(14)16-8(2)3/h5-8H,4,13H2,1-3H3. The molecule has 0 bridgehead atoms. The van der Waals surface area contributed by atoms with E-state index in [4.69, 9.17) is 15.2 Å². The average molecular weight is 223 g/mol. The maximum absolute atomic E-state index is 11.7. The van der Waals surface area contributed by atoms with Crippen molar-refractivity contribution in [2.75, 3.05) is 12.3 Å². The molecule has 16 heavy (non-hydrogen) atoms. The van der Waals surface area contributed by atoms with E-state index in [1.165, 1.54) is 0 Å². The highest BCUT2D eigenvalue weighted by Crippen LogP contribution is 2.27. The fraction of sp³-hybridized carbons (Fsp3) is 0.417. The molecule has 1 aromatic carbocycles. The minimum atomic E-state index is -0.411. The van der Waals surface area contributed by atoms with Crippen LogP contribution in [-0.4, -0.2) is 18.7 Å². The molecule has 0 spiro atoms. The molecule has 0 aromatic heterocycles. The Balaban J connectivity index is 3.02. The van der Waals surface area contributed by atoms with Crippen LogP contribution in [0.5, 0.6) is 5.75 Å². The van der Waals surface area contributed by atoms with Gasteiger partial charge in [-0.15, -0.1) is 0 Å². The van der Waals surface area contributed by atoms with Gasteiger partial charge in [-0.05, 0) is 32.9 Å². The summed E-state index contributed by atoms with van der Waals surface area (Å²) in [6, 6.07) is 5.04. The van der Waals surface area contributed by atoms with Crippen LogP contribution in [0, 0.1) is 0 Å². The monoisotopic (exact) mass is 223 g/mol. The van der Waals surface area contributed by atoms with Gasteiger partial charge >= 0.3 is 5.97 Å². The van der Waals surface area contributed by atoms with Crippen LogP contribution in [0.15, 0.2) is 18.2 Å². The highest BCUT2D eigenvalue weighted by Gasteiger charge is 2.17. The number of para-hydroxylation sites is 1. The summed E-state index contributed by atoms with van der Waals surface area (Å²) in [5.74, 6) is -0.0126. The zero-order valence-electron chi connectivity index (χ0n) is 9.82. The van der Waals surface area contributed by atoms with E-state index in [0.717, 1.165) is 0 Å². The Morgan fingerprint density at radius 2 is 2.12 bits per heavy atom. The van der Waals surface area contributed by atoms with Gasteiger partial charge in [-0.1, -0.05) is 6.07 Å². The molecule has 1 rings (SSSR count). The largest absolute Gasteiger partial charge is 0.491 e. The van der Waals surface area contributed by atoms with E-state index >= 15 is 0 Å². The maximum Gasteiger partial charge on any atom is 0.342 e. The van der Waals surface area contributed by atoms with Crippen molar-refractivity contribution >= 4 is 11.7 Å². The number of hydrogen-bond acceptors (Lipinski definition) is 4. The van der Waals surface area contributed by atoms with Crippen molar-refractivity contribution in [2.24, 2.45) is 0 Å². The highest BCUT2D eigenvalue weighted by atomic mass is 16.5. The Labute approximate surface area is 95.3 Å². The Morgan fingerprint density at radius 3 is 2.69 bits per heavy atom. The van der Waals surface area contributed by atoms with Crippen molar-refractivity contribution in [3.8, 4) is 5.75 Å². The number of anilines is 1. The molecular weight excluding hydrogens is 206 g/mol. The molecule has 0 amide bonds. The number of nitrogens with two attached hydrogens (primary N) is 1. The summed E-state index contributed by atoms with van der Waals surface area (Å²) >= 11 is 0. The second-order valence-electron chi connectivity index (χ2n) is 3.61. The summed E-state index contributed by atoms with van der Waals surface area (Å²) in [6.45, 7) is 5.88. The SMILES string of the molecule is CCOc1c(N)cccc1C(=O)OC(C)C. The first-order chi connectivity index (χ1) is 7.56. The minimum Gasteiger partial charge on any atom is -0.491 e. The van der Waals surface area contributed by atoms with E-state index in [1.54, 1.807) is 32.0 Å². The van der Waals surface area contributed by atoms with E-state index in [1.807, 2.05) is 6.92 Å². The molecule has 0 atom stereocenters. The van der Waals surface area contributed by atoms with Gasteiger partial charge in [-0.3, -0.25) is 0 Å². The first kappa shape index (κ1) is 12.4. The molecule has 0 unspecified atom stereocenters. The number of carbonyl (C=O) groups excluding carboxylic acids is 1. The molecule has 0 heterocycles. The van der Waals surface area contributed by atoms with Crippen LogP contribution in [-0.2, 0) is 4.74 Å². The predicted octanol–water partition coefficient (Wildman–Crippen LogP) is 2.23. The Bertz CT molecular complexity index is 375. The molecule has 0 saturated heterocycles. The molecule has 0 fully saturated rings. The first-order valence-corrected chi connectivity index (χ1v) is 5.28. The molecular formula is C12H17NO3. The average Bonchev–Trinajstić information content (AvgIpc) is 2.20. The van der Waals surface area contributed by atoms with Gasteiger partial charge in [0, 0.05) is 0 Å². The summed E-state index contributed by atoms with van der Waals surface area (Å²) < 4.78 is 10.4. The molecule has 2 N–H and O–H groups in total. The number of esters is 1. The zero-order chi connectivity index (χ0) is 12.1. The first-order valence-electron chi connectivity index (χ1n) is 5.28. The third kappa shape index (κ3) is 2.89. The molecule has 0 saturated carbocycles. The van der Waals surface area contributed by atoms with Crippen molar-refractivity contribution in [1.82, 2.24) is 0 Å². The molecule has 4 heteroatoms. The number of hydrogen-bond donors (Lipinski definition) is 1. The number of benzene rings is 1. The van der Waals surface area contributed by atoms with Crippen LogP contribution in [0.4, 0.5) is 5.69 Å². The topological polar surface area (TPSA) is 61.5 Å². The maximum atomic E-state index is 11.7. The Morgan fingerprint density at radius 1 is 1.44 bits per heavy atom. The lowest BCUT2D eigenvalue weighted by Gasteiger charge is -2.13. The van der Waals surface area contributed by atoms with Gasteiger partial charge in [0.05, 0.1) is 18.4 Å². The Hall–Kier alpha value is -1.71. The highest BCUT2D eigenvalue weighted by molar-refractivity contribution is 5.94.